The molecule has 6 N–H and O–H groups in total. The van der Waals surface area contributed by atoms with E-state index < -0.39 is 24.5 Å². The Kier molecular flexibility index (Phi) is 10.4. The summed E-state index contributed by atoms with van der Waals surface area (Å²) in [6.07, 6.45) is 0.636. The van der Waals surface area contributed by atoms with Crippen molar-refractivity contribution in [2.24, 2.45) is 5.73 Å². The van der Waals surface area contributed by atoms with Gasteiger partial charge in [0.1, 0.15) is 6.10 Å². The number of amides is 1. The number of thioether (sulfide) groups is 1. The van der Waals surface area contributed by atoms with Crippen molar-refractivity contribution in [3.05, 3.63) is 45.6 Å². The van der Waals surface area contributed by atoms with E-state index in [4.69, 9.17) is 14.2 Å². The normalized spacial score (nSPS) is 22.1. The van der Waals surface area contributed by atoms with Gasteiger partial charge in [-0.3, -0.25) is 9.59 Å². The third-order valence-corrected chi connectivity index (χ3v) is 7.23. The highest BCUT2D eigenvalue weighted by atomic mass is 32.2. The molecule has 1 amide bonds. The Morgan fingerprint density at radius 2 is 1.82 bits per heavy atom. The molecule has 0 spiro atoms. The third-order valence-electron chi connectivity index (χ3n) is 6.45. The van der Waals surface area contributed by atoms with E-state index in [2.05, 4.69) is 11.1 Å². The van der Waals surface area contributed by atoms with Crippen molar-refractivity contribution < 1.29 is 34.3 Å². The van der Waals surface area contributed by atoms with Crippen molar-refractivity contribution in [2.45, 2.75) is 62.0 Å². The van der Waals surface area contributed by atoms with E-state index >= 15 is 0 Å². The number of fused-ring (bicyclic) bond motifs is 3. The Balaban J connectivity index is 0.000000934. The van der Waals surface area contributed by atoms with Crippen LogP contribution in [0.15, 0.2) is 34.0 Å². The maximum Gasteiger partial charge on any atom is 0.214 e. The molecule has 1 aliphatic heterocycles. The van der Waals surface area contributed by atoms with Gasteiger partial charge in [-0.15, -0.1) is 11.8 Å². The Labute approximate surface area is 226 Å². The second-order valence-corrected chi connectivity index (χ2v) is 9.99. The van der Waals surface area contributed by atoms with E-state index in [0.717, 1.165) is 41.5 Å². The van der Waals surface area contributed by atoms with Gasteiger partial charge in [-0.2, -0.15) is 0 Å². The van der Waals surface area contributed by atoms with Crippen LogP contribution in [-0.4, -0.2) is 72.8 Å². The Bertz CT molecular complexity index is 1200. The number of hydrogen-bond donors (Lipinski definition) is 5. The Hall–Kier alpha value is -2.83. The summed E-state index contributed by atoms with van der Waals surface area (Å²) in [5.74, 6) is 0.601. The van der Waals surface area contributed by atoms with Crippen LogP contribution in [0.25, 0.3) is 11.1 Å². The number of aliphatic hydroxyl groups is 3. The SMILES string of the molecule is CC(N)=O.COc1c(NC2OC(CO)CC(O)C2O)cc2c(c1OC)-c1ccc(SC)c(=O)cc1CCC2. The molecule has 4 rings (SSSR count). The zero-order valence-corrected chi connectivity index (χ0v) is 22.8. The van der Waals surface area contributed by atoms with Gasteiger partial charge in [-0.25, -0.2) is 0 Å². The highest BCUT2D eigenvalue weighted by Gasteiger charge is 2.37. The van der Waals surface area contributed by atoms with Crippen molar-refractivity contribution in [1.29, 1.82) is 0 Å². The predicted octanol–water partition coefficient (Wildman–Crippen LogP) is 1.67. The van der Waals surface area contributed by atoms with Crippen molar-refractivity contribution >= 4 is 23.4 Å². The molecule has 0 saturated carbocycles. The van der Waals surface area contributed by atoms with Crippen LogP contribution in [0.1, 0.15) is 30.9 Å². The minimum Gasteiger partial charge on any atom is -0.492 e. The number of ether oxygens (including phenoxy) is 3. The molecule has 1 heterocycles. The lowest BCUT2D eigenvalue weighted by molar-refractivity contribution is -0.166. The van der Waals surface area contributed by atoms with Crippen LogP contribution in [0.2, 0.25) is 0 Å². The molecule has 38 heavy (non-hydrogen) atoms. The minimum absolute atomic E-state index is 0.00171. The zero-order chi connectivity index (χ0) is 28.0. The second-order valence-electron chi connectivity index (χ2n) is 9.14. The fraction of sp³-hybridized carbons (Fsp3) is 0.481. The molecule has 208 valence electrons. The Morgan fingerprint density at radius 1 is 1.16 bits per heavy atom. The maximum atomic E-state index is 12.6. The Morgan fingerprint density at radius 3 is 2.42 bits per heavy atom. The molecule has 10 nitrogen and oxygen atoms in total. The molecule has 1 saturated heterocycles. The fourth-order valence-electron chi connectivity index (χ4n) is 4.78. The van der Waals surface area contributed by atoms with Crippen molar-refractivity contribution in [1.82, 2.24) is 0 Å². The van der Waals surface area contributed by atoms with Crippen molar-refractivity contribution in [2.75, 3.05) is 32.4 Å². The summed E-state index contributed by atoms with van der Waals surface area (Å²) in [7, 11) is 3.10. The van der Waals surface area contributed by atoms with Crippen LogP contribution in [0.5, 0.6) is 11.5 Å². The molecule has 2 aromatic carbocycles. The number of benzene rings is 1. The molecule has 11 heteroatoms. The van der Waals surface area contributed by atoms with Crippen LogP contribution < -0.4 is 26.0 Å². The number of methoxy groups -OCH3 is 2. The van der Waals surface area contributed by atoms with Crippen LogP contribution in [0.3, 0.4) is 0 Å². The van der Waals surface area contributed by atoms with E-state index in [-0.39, 0.29) is 24.4 Å². The van der Waals surface area contributed by atoms with Crippen LogP contribution in [-0.2, 0) is 22.4 Å². The van der Waals surface area contributed by atoms with Gasteiger partial charge in [0, 0.05) is 18.9 Å². The highest BCUT2D eigenvalue weighted by Crippen LogP contribution is 2.48. The zero-order valence-electron chi connectivity index (χ0n) is 22.0. The molecule has 2 aromatic rings. The third kappa shape index (κ3) is 6.59. The maximum absolute atomic E-state index is 12.6. The molecule has 0 bridgehead atoms. The fourth-order valence-corrected chi connectivity index (χ4v) is 5.24. The van der Waals surface area contributed by atoms with E-state index in [9.17, 15) is 24.9 Å². The average molecular weight is 549 g/mol. The van der Waals surface area contributed by atoms with Gasteiger partial charge in [0.15, 0.2) is 23.2 Å². The summed E-state index contributed by atoms with van der Waals surface area (Å²) in [6.45, 7) is 1.04. The molecular formula is C27H36N2O8S. The largest absolute Gasteiger partial charge is 0.492 e. The van der Waals surface area contributed by atoms with Gasteiger partial charge in [-0.1, -0.05) is 6.07 Å². The van der Waals surface area contributed by atoms with Crippen LogP contribution in [0.4, 0.5) is 5.69 Å². The highest BCUT2D eigenvalue weighted by molar-refractivity contribution is 7.98. The van der Waals surface area contributed by atoms with Gasteiger partial charge in [0.2, 0.25) is 5.91 Å². The first kappa shape index (κ1) is 29.7. The summed E-state index contributed by atoms with van der Waals surface area (Å²) in [4.78, 5) is 22.5. The van der Waals surface area contributed by atoms with Crippen molar-refractivity contribution in [3.63, 3.8) is 0 Å². The standard InChI is InChI=1S/C25H31NO7S.C2H5NO/c1-31-23-17(26-25-22(30)19(29)11-15(12-27)33-25)9-14-6-4-5-13-10-18(28)20(34-3)8-7-16(13)21(14)24(23)32-2;1-2(3)4/h7-10,15,19,22,25-27,29-30H,4-6,11-12H2,1-3H3;1H3,(H2,3,4). The number of primary amides is 1. The number of aliphatic hydroxyl groups excluding tert-OH is 3. The summed E-state index contributed by atoms with van der Waals surface area (Å²) in [6, 6.07) is 7.48. The summed E-state index contributed by atoms with van der Waals surface area (Å²) in [5.41, 5.74) is 8.79. The molecule has 4 atom stereocenters. The van der Waals surface area contributed by atoms with Gasteiger partial charge in [-0.05, 0) is 60.4 Å². The lowest BCUT2D eigenvalue weighted by Crippen LogP contribution is -2.52. The number of nitrogens with two attached hydrogens (primary N) is 1. The predicted molar refractivity (Wildman–Crippen MR) is 146 cm³/mol. The topological polar surface area (TPSA) is 161 Å². The first-order valence-electron chi connectivity index (χ1n) is 12.3. The number of carbonyl (C=O) groups excluding carboxylic acids is 1. The van der Waals surface area contributed by atoms with E-state index in [1.807, 2.05) is 24.5 Å². The van der Waals surface area contributed by atoms with Gasteiger partial charge >= 0.3 is 0 Å². The number of anilines is 1. The number of aryl methyl sites for hydroxylation is 2. The lowest BCUT2D eigenvalue weighted by Gasteiger charge is -2.37. The molecule has 1 aliphatic carbocycles. The number of nitrogens with one attached hydrogen (secondary N) is 1. The summed E-state index contributed by atoms with van der Waals surface area (Å²) in [5, 5.41) is 33.4. The average Bonchev–Trinajstić information content (AvgIpc) is 3.14. The van der Waals surface area contributed by atoms with Crippen LogP contribution in [0, 0.1) is 0 Å². The summed E-state index contributed by atoms with van der Waals surface area (Å²) < 4.78 is 17.3. The first-order chi connectivity index (χ1) is 18.1. The van der Waals surface area contributed by atoms with Crippen molar-refractivity contribution in [3.8, 4) is 22.6 Å². The van der Waals surface area contributed by atoms with Gasteiger partial charge < -0.3 is 40.6 Å². The molecule has 1 fully saturated rings. The minimum atomic E-state index is -1.18. The van der Waals surface area contributed by atoms with Gasteiger partial charge in [0.05, 0.1) is 43.6 Å². The smallest absolute Gasteiger partial charge is 0.214 e. The number of rotatable bonds is 6. The van der Waals surface area contributed by atoms with E-state index in [0.29, 0.717) is 22.1 Å². The quantitative estimate of drug-likeness (QED) is 0.336. The first-order valence-corrected chi connectivity index (χ1v) is 13.5. The van der Waals surface area contributed by atoms with Gasteiger partial charge in [0.25, 0.3) is 0 Å². The molecule has 0 aromatic heterocycles. The lowest BCUT2D eigenvalue weighted by atomic mass is 9.95. The monoisotopic (exact) mass is 548 g/mol. The van der Waals surface area contributed by atoms with E-state index in [1.165, 1.54) is 25.8 Å². The second kappa shape index (κ2) is 13.3. The molecule has 0 radical (unpaired) electrons. The molecule has 4 unspecified atom stereocenters. The number of hydrogen-bond acceptors (Lipinski definition) is 10. The van der Waals surface area contributed by atoms with E-state index in [1.54, 1.807) is 13.2 Å². The molecular weight excluding hydrogens is 512 g/mol. The van der Waals surface area contributed by atoms with Crippen LogP contribution >= 0.6 is 11.8 Å². The number of carbonyl (C=O) groups is 1. The molecule has 2 aliphatic rings. The summed E-state index contributed by atoms with van der Waals surface area (Å²) >= 11 is 1.42.